The summed E-state index contributed by atoms with van der Waals surface area (Å²) in [5, 5.41) is 9.04. The van der Waals surface area contributed by atoms with E-state index >= 15 is 0 Å². The predicted molar refractivity (Wildman–Crippen MR) is 50.8 cm³/mol. The van der Waals surface area contributed by atoms with Gasteiger partial charge in [0.2, 0.25) is 0 Å². The number of aliphatic hydroxyl groups is 1. The van der Waals surface area contributed by atoms with Crippen LogP contribution in [0.15, 0.2) is 0 Å². The van der Waals surface area contributed by atoms with Crippen molar-refractivity contribution in [3.8, 4) is 0 Å². The van der Waals surface area contributed by atoms with Crippen LogP contribution in [-0.2, 0) is 4.79 Å². The summed E-state index contributed by atoms with van der Waals surface area (Å²) >= 11 is 0. The maximum Gasteiger partial charge on any atom is 0.134 e. The van der Waals surface area contributed by atoms with E-state index in [0.717, 1.165) is 0 Å². The standard InChI is InChI=1S/C9H17BO2/c1-5-6(4-11)7(12)8(10)9(5,2)3/h5-6,8,11H,4,10H2,1-3H3/t5-,6-,8-/m1/s1. The van der Waals surface area contributed by atoms with Gasteiger partial charge < -0.3 is 5.11 Å². The van der Waals surface area contributed by atoms with Crippen LogP contribution in [0.3, 0.4) is 0 Å². The fraction of sp³-hybridized carbons (Fsp3) is 0.889. The van der Waals surface area contributed by atoms with Crippen LogP contribution in [0.25, 0.3) is 0 Å². The summed E-state index contributed by atoms with van der Waals surface area (Å²) in [6.07, 6.45) is 0. The smallest absolute Gasteiger partial charge is 0.134 e. The molecule has 0 saturated heterocycles. The van der Waals surface area contributed by atoms with Crippen molar-refractivity contribution in [3.05, 3.63) is 0 Å². The van der Waals surface area contributed by atoms with Crippen molar-refractivity contribution in [2.45, 2.75) is 26.6 Å². The van der Waals surface area contributed by atoms with Crippen molar-refractivity contribution in [2.24, 2.45) is 17.3 Å². The minimum atomic E-state index is -0.130. The number of rotatable bonds is 1. The van der Waals surface area contributed by atoms with Crippen molar-refractivity contribution >= 4 is 13.6 Å². The first kappa shape index (κ1) is 9.78. The Morgan fingerprint density at radius 1 is 1.58 bits per heavy atom. The van der Waals surface area contributed by atoms with Gasteiger partial charge in [0.1, 0.15) is 13.6 Å². The molecule has 0 heterocycles. The third-order valence-electron chi connectivity index (χ3n) is 3.88. The summed E-state index contributed by atoms with van der Waals surface area (Å²) < 4.78 is 0. The van der Waals surface area contributed by atoms with E-state index in [1.807, 2.05) is 7.85 Å². The highest BCUT2D eigenvalue weighted by atomic mass is 16.3. The molecular weight excluding hydrogens is 151 g/mol. The summed E-state index contributed by atoms with van der Waals surface area (Å²) in [4.78, 5) is 11.6. The van der Waals surface area contributed by atoms with Crippen molar-refractivity contribution in [1.29, 1.82) is 0 Å². The molecule has 2 nitrogen and oxygen atoms in total. The summed E-state index contributed by atoms with van der Waals surface area (Å²) in [7, 11) is 1.97. The molecule has 1 fully saturated rings. The maximum atomic E-state index is 11.6. The zero-order valence-corrected chi connectivity index (χ0v) is 8.29. The normalized spacial score (nSPS) is 40.3. The van der Waals surface area contributed by atoms with Crippen LogP contribution in [0.1, 0.15) is 20.8 Å². The molecule has 0 aromatic heterocycles. The molecule has 0 aliphatic heterocycles. The first-order valence-corrected chi connectivity index (χ1v) is 4.57. The highest BCUT2D eigenvalue weighted by molar-refractivity contribution is 6.26. The number of aliphatic hydroxyl groups excluding tert-OH is 1. The monoisotopic (exact) mass is 168 g/mol. The molecule has 1 aliphatic carbocycles. The van der Waals surface area contributed by atoms with Crippen molar-refractivity contribution in [2.75, 3.05) is 6.61 Å². The lowest BCUT2D eigenvalue weighted by atomic mass is 9.66. The third kappa shape index (κ3) is 1.11. The number of carbonyl (C=O) groups excluding carboxylic acids is 1. The van der Waals surface area contributed by atoms with Gasteiger partial charge in [0.25, 0.3) is 0 Å². The Morgan fingerprint density at radius 3 is 2.25 bits per heavy atom. The van der Waals surface area contributed by atoms with Crippen molar-refractivity contribution in [3.63, 3.8) is 0 Å². The van der Waals surface area contributed by atoms with E-state index in [1.54, 1.807) is 0 Å². The molecule has 12 heavy (non-hydrogen) atoms. The number of ketones is 1. The average Bonchev–Trinajstić information content (AvgIpc) is 2.15. The highest BCUT2D eigenvalue weighted by Gasteiger charge is 2.49. The second-order valence-corrected chi connectivity index (χ2v) is 4.52. The van der Waals surface area contributed by atoms with Crippen LogP contribution in [0.4, 0.5) is 0 Å². The van der Waals surface area contributed by atoms with E-state index in [1.165, 1.54) is 0 Å². The Labute approximate surface area is 74.8 Å². The van der Waals surface area contributed by atoms with Crippen molar-refractivity contribution < 1.29 is 9.90 Å². The lowest BCUT2D eigenvalue weighted by Gasteiger charge is -2.28. The molecule has 0 aromatic rings. The maximum absolute atomic E-state index is 11.6. The first-order chi connectivity index (χ1) is 5.42. The van der Waals surface area contributed by atoms with E-state index in [2.05, 4.69) is 20.8 Å². The molecule has 0 bridgehead atoms. The molecule has 3 heteroatoms. The zero-order valence-electron chi connectivity index (χ0n) is 8.29. The minimum absolute atomic E-state index is 0.00771. The molecule has 0 aromatic carbocycles. The van der Waals surface area contributed by atoms with Crippen LogP contribution >= 0.6 is 0 Å². The number of hydrogen-bond acceptors (Lipinski definition) is 2. The van der Waals surface area contributed by atoms with Crippen LogP contribution < -0.4 is 0 Å². The molecule has 0 radical (unpaired) electrons. The summed E-state index contributed by atoms with van der Waals surface area (Å²) in [5.74, 6) is 0.486. The quantitative estimate of drug-likeness (QED) is 0.570. The Hall–Kier alpha value is -0.305. The Bertz CT molecular complexity index is 201. The molecule has 0 unspecified atom stereocenters. The van der Waals surface area contributed by atoms with Gasteiger partial charge in [0.05, 0.1) is 6.61 Å². The Balaban J connectivity index is 2.94. The number of hydrogen-bond donors (Lipinski definition) is 1. The van der Waals surface area contributed by atoms with Crippen LogP contribution in [-0.4, -0.2) is 25.3 Å². The van der Waals surface area contributed by atoms with Gasteiger partial charge in [0, 0.05) is 5.92 Å². The minimum Gasteiger partial charge on any atom is -0.396 e. The Kier molecular flexibility index (Phi) is 2.34. The molecular formula is C9H17BO2. The second kappa shape index (κ2) is 2.88. The van der Waals surface area contributed by atoms with Crippen LogP contribution in [0.2, 0.25) is 5.82 Å². The third-order valence-corrected chi connectivity index (χ3v) is 3.88. The molecule has 0 amide bonds. The summed E-state index contributed by atoms with van der Waals surface area (Å²) in [6, 6.07) is 0. The fourth-order valence-electron chi connectivity index (χ4n) is 2.10. The van der Waals surface area contributed by atoms with Gasteiger partial charge in [-0.2, -0.15) is 0 Å². The van der Waals surface area contributed by atoms with E-state index in [9.17, 15) is 4.79 Å². The predicted octanol–water partition coefficient (Wildman–Crippen LogP) is 0.261. The van der Waals surface area contributed by atoms with Crippen LogP contribution in [0, 0.1) is 17.3 Å². The second-order valence-electron chi connectivity index (χ2n) is 4.52. The molecule has 1 aliphatic rings. The van der Waals surface area contributed by atoms with Crippen molar-refractivity contribution in [1.82, 2.24) is 0 Å². The molecule has 1 N–H and O–H groups in total. The van der Waals surface area contributed by atoms with Gasteiger partial charge in [-0.05, 0) is 17.2 Å². The molecule has 1 rings (SSSR count). The zero-order chi connectivity index (χ0) is 9.52. The van der Waals surface area contributed by atoms with Gasteiger partial charge >= 0.3 is 0 Å². The average molecular weight is 168 g/mol. The molecule has 0 spiro atoms. The lowest BCUT2D eigenvalue weighted by molar-refractivity contribution is -0.122. The lowest BCUT2D eigenvalue weighted by Crippen LogP contribution is -2.23. The van der Waals surface area contributed by atoms with E-state index in [4.69, 9.17) is 5.11 Å². The van der Waals surface area contributed by atoms with Gasteiger partial charge in [-0.3, -0.25) is 4.79 Å². The largest absolute Gasteiger partial charge is 0.396 e. The summed E-state index contributed by atoms with van der Waals surface area (Å²) in [5.41, 5.74) is 0.0461. The van der Waals surface area contributed by atoms with E-state index < -0.39 is 0 Å². The van der Waals surface area contributed by atoms with E-state index in [-0.39, 0.29) is 29.5 Å². The van der Waals surface area contributed by atoms with Gasteiger partial charge in [-0.1, -0.05) is 20.8 Å². The molecule has 1 saturated carbocycles. The molecule has 68 valence electrons. The SMILES string of the molecule is B[C@@H]1C(=O)[C@H](CO)[C@@H](C)C1(C)C. The van der Waals surface area contributed by atoms with Crippen LogP contribution in [0.5, 0.6) is 0 Å². The summed E-state index contributed by atoms with van der Waals surface area (Å²) in [6.45, 7) is 6.28. The first-order valence-electron chi connectivity index (χ1n) is 4.57. The van der Waals surface area contributed by atoms with Gasteiger partial charge in [-0.15, -0.1) is 0 Å². The van der Waals surface area contributed by atoms with E-state index in [0.29, 0.717) is 5.92 Å². The highest BCUT2D eigenvalue weighted by Crippen LogP contribution is 2.49. The number of Topliss-reactive ketones (excluding diaryl/α,β-unsaturated/α-hetero) is 1. The number of carbonyl (C=O) groups is 1. The fourth-order valence-corrected chi connectivity index (χ4v) is 2.10. The van der Waals surface area contributed by atoms with Gasteiger partial charge in [0.15, 0.2) is 0 Å². The topological polar surface area (TPSA) is 37.3 Å². The Morgan fingerprint density at radius 2 is 2.08 bits per heavy atom. The van der Waals surface area contributed by atoms with Gasteiger partial charge in [-0.25, -0.2) is 0 Å². The molecule has 3 atom stereocenters.